The van der Waals surface area contributed by atoms with Gasteiger partial charge in [-0.3, -0.25) is 4.79 Å². The highest BCUT2D eigenvalue weighted by molar-refractivity contribution is 5.81. The van der Waals surface area contributed by atoms with Crippen LogP contribution in [-0.4, -0.2) is 50.6 Å². The van der Waals surface area contributed by atoms with E-state index in [1.807, 2.05) is 24.3 Å². The maximum Gasteiger partial charge on any atom is 0.241 e. The number of hydrogen-bond donors (Lipinski definition) is 1. The Morgan fingerprint density at radius 1 is 1.08 bits per heavy atom. The highest BCUT2D eigenvalue weighted by atomic mass is 19.2. The first-order valence-corrected chi connectivity index (χ1v) is 8.43. The Morgan fingerprint density at radius 2 is 1.81 bits per heavy atom. The summed E-state index contributed by atoms with van der Waals surface area (Å²) >= 11 is 0. The van der Waals surface area contributed by atoms with Gasteiger partial charge in [0, 0.05) is 37.9 Å². The molecule has 0 radical (unpaired) electrons. The van der Waals surface area contributed by atoms with Crippen molar-refractivity contribution >= 4 is 17.3 Å². The molecule has 0 atom stereocenters. The Kier molecular flexibility index (Phi) is 5.55. The Morgan fingerprint density at radius 3 is 2.50 bits per heavy atom. The summed E-state index contributed by atoms with van der Waals surface area (Å²) in [4.78, 5) is 16.3. The Labute approximate surface area is 151 Å². The van der Waals surface area contributed by atoms with Crippen molar-refractivity contribution in [2.45, 2.75) is 0 Å². The summed E-state index contributed by atoms with van der Waals surface area (Å²) in [6.45, 7) is 2.64. The molecule has 138 valence electrons. The van der Waals surface area contributed by atoms with Crippen molar-refractivity contribution in [3.8, 4) is 5.75 Å². The zero-order chi connectivity index (χ0) is 18.5. The number of carbonyl (C=O) groups is 1. The molecule has 0 spiro atoms. The van der Waals surface area contributed by atoms with Crippen LogP contribution in [0.5, 0.6) is 5.75 Å². The van der Waals surface area contributed by atoms with Crippen molar-refractivity contribution < 1.29 is 18.3 Å². The third kappa shape index (κ3) is 4.04. The van der Waals surface area contributed by atoms with Crippen molar-refractivity contribution in [1.82, 2.24) is 4.90 Å². The predicted molar refractivity (Wildman–Crippen MR) is 96.6 cm³/mol. The van der Waals surface area contributed by atoms with E-state index in [0.29, 0.717) is 31.9 Å². The molecule has 1 saturated heterocycles. The van der Waals surface area contributed by atoms with Crippen LogP contribution >= 0.6 is 0 Å². The topological polar surface area (TPSA) is 44.8 Å². The van der Waals surface area contributed by atoms with Gasteiger partial charge >= 0.3 is 0 Å². The number of anilines is 2. The molecule has 1 heterocycles. The van der Waals surface area contributed by atoms with E-state index in [9.17, 15) is 13.6 Å². The van der Waals surface area contributed by atoms with Crippen molar-refractivity contribution in [3.05, 3.63) is 54.1 Å². The van der Waals surface area contributed by atoms with Gasteiger partial charge in [0.15, 0.2) is 11.6 Å². The minimum atomic E-state index is -0.937. The molecule has 0 bridgehead atoms. The third-order valence-electron chi connectivity index (χ3n) is 4.42. The number of amides is 1. The lowest BCUT2D eigenvalue weighted by Gasteiger charge is -2.36. The summed E-state index contributed by atoms with van der Waals surface area (Å²) in [5.74, 6) is -1.11. The molecule has 3 rings (SSSR count). The van der Waals surface area contributed by atoms with Crippen LogP contribution < -0.4 is 15.0 Å². The van der Waals surface area contributed by atoms with Gasteiger partial charge in [-0.1, -0.05) is 12.1 Å². The molecule has 1 aliphatic heterocycles. The number of nitrogens with zero attached hydrogens (tertiary/aromatic N) is 2. The number of nitrogens with one attached hydrogen (secondary N) is 1. The maximum atomic E-state index is 13.2. The molecule has 5 nitrogen and oxygen atoms in total. The second-order valence-electron chi connectivity index (χ2n) is 6.02. The van der Waals surface area contributed by atoms with Gasteiger partial charge in [0.05, 0.1) is 19.3 Å². The number of methoxy groups -OCH3 is 1. The van der Waals surface area contributed by atoms with E-state index in [4.69, 9.17) is 4.74 Å². The molecular weight excluding hydrogens is 340 g/mol. The van der Waals surface area contributed by atoms with Gasteiger partial charge in [-0.05, 0) is 24.3 Å². The van der Waals surface area contributed by atoms with Crippen LogP contribution in [0, 0.1) is 11.6 Å². The van der Waals surface area contributed by atoms with Crippen molar-refractivity contribution in [3.63, 3.8) is 0 Å². The molecule has 7 heteroatoms. The number of halogens is 2. The molecule has 26 heavy (non-hydrogen) atoms. The number of carbonyl (C=O) groups excluding carboxylic acids is 1. The lowest BCUT2D eigenvalue weighted by molar-refractivity contribution is -0.129. The lowest BCUT2D eigenvalue weighted by atomic mass is 10.2. The smallest absolute Gasteiger partial charge is 0.241 e. The quantitative estimate of drug-likeness (QED) is 0.890. The second-order valence-corrected chi connectivity index (χ2v) is 6.02. The van der Waals surface area contributed by atoms with E-state index in [1.54, 1.807) is 12.0 Å². The molecule has 2 aromatic carbocycles. The zero-order valence-electron chi connectivity index (χ0n) is 14.5. The van der Waals surface area contributed by atoms with Crippen LogP contribution in [0.3, 0.4) is 0 Å². The van der Waals surface area contributed by atoms with Gasteiger partial charge < -0.3 is 19.9 Å². The number of benzene rings is 2. The fraction of sp³-hybridized carbons (Fsp3) is 0.316. The fourth-order valence-corrected chi connectivity index (χ4v) is 2.98. The average Bonchev–Trinajstić information content (AvgIpc) is 2.68. The molecule has 0 aliphatic carbocycles. The Hall–Kier alpha value is -2.83. The van der Waals surface area contributed by atoms with E-state index < -0.39 is 11.6 Å². The molecule has 0 aromatic heterocycles. The minimum absolute atomic E-state index is 0.0414. The van der Waals surface area contributed by atoms with E-state index in [1.165, 1.54) is 6.07 Å². The van der Waals surface area contributed by atoms with E-state index in [2.05, 4.69) is 10.2 Å². The highest BCUT2D eigenvalue weighted by Crippen LogP contribution is 2.28. The van der Waals surface area contributed by atoms with Crippen LogP contribution in [0.25, 0.3) is 0 Å². The van der Waals surface area contributed by atoms with Crippen LogP contribution in [0.1, 0.15) is 0 Å². The van der Waals surface area contributed by atoms with Crippen molar-refractivity contribution in [2.24, 2.45) is 0 Å². The molecular formula is C19H21F2N3O2. The Bertz CT molecular complexity index is 777. The molecule has 1 amide bonds. The standard InChI is InChI=1S/C19H21F2N3O2/c1-26-18-5-3-2-4-17(18)23-8-10-24(11-9-23)19(25)13-22-14-6-7-15(20)16(21)12-14/h2-7,12,22H,8-11,13H2,1H3. The first kappa shape index (κ1) is 18.0. The minimum Gasteiger partial charge on any atom is -0.495 e. The van der Waals surface area contributed by atoms with Gasteiger partial charge in [-0.25, -0.2) is 8.78 Å². The predicted octanol–water partition coefficient (Wildman–Crippen LogP) is 2.73. The molecule has 0 unspecified atom stereocenters. The third-order valence-corrected chi connectivity index (χ3v) is 4.42. The first-order valence-electron chi connectivity index (χ1n) is 8.43. The zero-order valence-corrected chi connectivity index (χ0v) is 14.5. The summed E-state index contributed by atoms with van der Waals surface area (Å²) in [6.07, 6.45) is 0. The SMILES string of the molecule is COc1ccccc1N1CCN(C(=O)CNc2ccc(F)c(F)c2)CC1. The highest BCUT2D eigenvalue weighted by Gasteiger charge is 2.22. The number of rotatable bonds is 5. The van der Waals surface area contributed by atoms with Gasteiger partial charge in [0.25, 0.3) is 0 Å². The van der Waals surface area contributed by atoms with Gasteiger partial charge in [0.1, 0.15) is 5.75 Å². The molecule has 0 saturated carbocycles. The van der Waals surface area contributed by atoms with Crippen LogP contribution in [0.4, 0.5) is 20.2 Å². The summed E-state index contributed by atoms with van der Waals surface area (Å²) < 4.78 is 31.5. The van der Waals surface area contributed by atoms with Gasteiger partial charge in [-0.15, -0.1) is 0 Å². The van der Waals surface area contributed by atoms with Crippen LogP contribution in [0.2, 0.25) is 0 Å². The Balaban J connectivity index is 1.52. The largest absolute Gasteiger partial charge is 0.495 e. The molecule has 1 fully saturated rings. The fourth-order valence-electron chi connectivity index (χ4n) is 2.98. The lowest BCUT2D eigenvalue weighted by Crippen LogP contribution is -2.50. The van der Waals surface area contributed by atoms with E-state index in [0.717, 1.165) is 23.6 Å². The van der Waals surface area contributed by atoms with E-state index >= 15 is 0 Å². The first-order chi connectivity index (χ1) is 12.6. The van der Waals surface area contributed by atoms with Gasteiger partial charge in [-0.2, -0.15) is 0 Å². The normalized spacial score (nSPS) is 14.3. The number of ether oxygens (including phenoxy) is 1. The summed E-state index contributed by atoms with van der Waals surface area (Å²) in [6, 6.07) is 11.3. The summed E-state index contributed by atoms with van der Waals surface area (Å²) in [5.41, 5.74) is 1.40. The van der Waals surface area contributed by atoms with Crippen molar-refractivity contribution in [1.29, 1.82) is 0 Å². The second kappa shape index (κ2) is 8.03. The van der Waals surface area contributed by atoms with Crippen LogP contribution in [0.15, 0.2) is 42.5 Å². The molecule has 1 aliphatic rings. The number of piperazine rings is 1. The molecule has 1 N–H and O–H groups in total. The van der Waals surface area contributed by atoms with Crippen molar-refractivity contribution in [2.75, 3.05) is 50.1 Å². The maximum absolute atomic E-state index is 13.2. The molecule has 2 aromatic rings. The monoisotopic (exact) mass is 361 g/mol. The summed E-state index contributed by atoms with van der Waals surface area (Å²) in [5, 5.41) is 2.84. The summed E-state index contributed by atoms with van der Waals surface area (Å²) in [7, 11) is 1.64. The van der Waals surface area contributed by atoms with Crippen LogP contribution in [-0.2, 0) is 4.79 Å². The van der Waals surface area contributed by atoms with Gasteiger partial charge in [0.2, 0.25) is 5.91 Å². The number of hydrogen-bond acceptors (Lipinski definition) is 4. The average molecular weight is 361 g/mol. The number of para-hydroxylation sites is 2. The van der Waals surface area contributed by atoms with E-state index in [-0.39, 0.29) is 12.5 Å².